The lowest BCUT2D eigenvalue weighted by molar-refractivity contribution is 0.0917. The summed E-state index contributed by atoms with van der Waals surface area (Å²) in [5.74, 6) is -0.0877. The summed E-state index contributed by atoms with van der Waals surface area (Å²) in [5.41, 5.74) is 1.47. The molecular weight excluding hydrogens is 436 g/mol. The van der Waals surface area contributed by atoms with Gasteiger partial charge in [0, 0.05) is 21.7 Å². The highest BCUT2D eigenvalue weighted by Gasteiger charge is 2.27. The fourth-order valence-electron chi connectivity index (χ4n) is 2.99. The summed E-state index contributed by atoms with van der Waals surface area (Å²) >= 11 is 11.0. The van der Waals surface area contributed by atoms with Gasteiger partial charge in [-0.1, -0.05) is 38.9 Å². The minimum atomic E-state index is -0.0877. The van der Waals surface area contributed by atoms with Crippen molar-refractivity contribution in [1.82, 2.24) is 4.98 Å². The van der Waals surface area contributed by atoms with E-state index in [0.29, 0.717) is 22.3 Å². The van der Waals surface area contributed by atoms with Crippen molar-refractivity contribution >= 4 is 60.1 Å². The zero-order valence-electron chi connectivity index (χ0n) is 13.8. The van der Waals surface area contributed by atoms with Crippen LogP contribution in [0.15, 0.2) is 46.9 Å². The molecule has 0 aliphatic carbocycles. The van der Waals surface area contributed by atoms with Gasteiger partial charge >= 0.3 is 0 Å². The minimum Gasteiger partial charge on any atom is -0.376 e. The Morgan fingerprint density at radius 1 is 1.31 bits per heavy atom. The highest BCUT2D eigenvalue weighted by atomic mass is 79.9. The fourth-order valence-corrected chi connectivity index (χ4v) is 4.64. The number of hydrogen-bond donors (Lipinski definition) is 0. The third kappa shape index (κ3) is 3.78. The number of fused-ring (bicyclic) bond motifs is 1. The van der Waals surface area contributed by atoms with Crippen LogP contribution in [0.1, 0.15) is 23.2 Å². The van der Waals surface area contributed by atoms with Crippen LogP contribution in [0.2, 0.25) is 5.02 Å². The molecule has 1 unspecified atom stereocenters. The van der Waals surface area contributed by atoms with Crippen LogP contribution >= 0.6 is 38.9 Å². The van der Waals surface area contributed by atoms with Crippen LogP contribution in [0, 0.1) is 0 Å². The Morgan fingerprint density at radius 3 is 2.85 bits per heavy atom. The van der Waals surface area contributed by atoms with Crippen molar-refractivity contribution in [3.63, 3.8) is 0 Å². The first-order valence-electron chi connectivity index (χ1n) is 8.35. The van der Waals surface area contributed by atoms with E-state index >= 15 is 0 Å². The SMILES string of the molecule is O=C(c1ccc(Cl)cc1)N(CC1CCCO1)c1nc2ccc(Br)cc2s1. The predicted octanol–water partition coefficient (Wildman–Crippen LogP) is 5.54. The molecule has 0 saturated carbocycles. The van der Waals surface area contributed by atoms with E-state index in [9.17, 15) is 4.79 Å². The molecule has 26 heavy (non-hydrogen) atoms. The number of nitrogens with zero attached hydrogens (tertiary/aromatic N) is 2. The van der Waals surface area contributed by atoms with Crippen molar-refractivity contribution in [2.45, 2.75) is 18.9 Å². The smallest absolute Gasteiger partial charge is 0.260 e. The minimum absolute atomic E-state index is 0.0463. The van der Waals surface area contributed by atoms with Crippen LogP contribution < -0.4 is 4.90 Å². The maximum absolute atomic E-state index is 13.2. The van der Waals surface area contributed by atoms with Crippen molar-refractivity contribution < 1.29 is 9.53 Å². The highest BCUT2D eigenvalue weighted by molar-refractivity contribution is 9.10. The molecule has 4 rings (SSSR count). The summed E-state index contributed by atoms with van der Waals surface area (Å²) in [7, 11) is 0. The first kappa shape index (κ1) is 17.9. The van der Waals surface area contributed by atoms with E-state index in [0.717, 1.165) is 34.1 Å². The fraction of sp³-hybridized carbons (Fsp3) is 0.263. The Kier molecular flexibility index (Phi) is 5.27. The van der Waals surface area contributed by atoms with Gasteiger partial charge in [-0.05, 0) is 55.3 Å². The normalized spacial score (nSPS) is 16.9. The summed E-state index contributed by atoms with van der Waals surface area (Å²) in [4.78, 5) is 19.6. The Bertz CT molecular complexity index is 938. The number of ether oxygens (including phenoxy) is 1. The Morgan fingerprint density at radius 2 is 2.12 bits per heavy atom. The number of halogens is 2. The second-order valence-electron chi connectivity index (χ2n) is 6.17. The lowest BCUT2D eigenvalue weighted by Crippen LogP contribution is -2.37. The maximum Gasteiger partial charge on any atom is 0.260 e. The first-order valence-corrected chi connectivity index (χ1v) is 10.3. The molecule has 2 heterocycles. The van der Waals surface area contributed by atoms with Crippen molar-refractivity contribution in [3.8, 4) is 0 Å². The molecule has 1 aliphatic heterocycles. The van der Waals surface area contributed by atoms with Crippen LogP contribution in [0.3, 0.4) is 0 Å². The van der Waals surface area contributed by atoms with Gasteiger partial charge in [-0.3, -0.25) is 9.69 Å². The summed E-state index contributed by atoms with van der Waals surface area (Å²) in [5, 5.41) is 1.30. The van der Waals surface area contributed by atoms with Gasteiger partial charge in [-0.15, -0.1) is 0 Å². The molecule has 1 fully saturated rings. The average molecular weight is 452 g/mol. The van der Waals surface area contributed by atoms with Gasteiger partial charge in [-0.2, -0.15) is 0 Å². The number of benzene rings is 2. The number of hydrogen-bond acceptors (Lipinski definition) is 4. The average Bonchev–Trinajstić information content (AvgIpc) is 3.28. The number of aromatic nitrogens is 1. The summed E-state index contributed by atoms with van der Waals surface area (Å²) < 4.78 is 7.79. The lowest BCUT2D eigenvalue weighted by atomic mass is 10.2. The molecule has 0 bridgehead atoms. The van der Waals surface area contributed by atoms with E-state index < -0.39 is 0 Å². The van der Waals surface area contributed by atoms with Gasteiger partial charge in [-0.25, -0.2) is 4.98 Å². The summed E-state index contributed by atoms with van der Waals surface area (Å²) in [6, 6.07) is 12.9. The monoisotopic (exact) mass is 450 g/mol. The molecule has 1 atom stereocenters. The zero-order chi connectivity index (χ0) is 18.1. The molecule has 1 aromatic heterocycles. The molecule has 7 heteroatoms. The Labute approximate surface area is 168 Å². The molecule has 1 amide bonds. The van der Waals surface area contributed by atoms with Gasteiger partial charge < -0.3 is 4.74 Å². The number of carbonyl (C=O) groups is 1. The van der Waals surface area contributed by atoms with Crippen molar-refractivity contribution in [3.05, 3.63) is 57.5 Å². The number of anilines is 1. The zero-order valence-corrected chi connectivity index (χ0v) is 17.0. The second-order valence-corrected chi connectivity index (χ2v) is 8.53. The maximum atomic E-state index is 13.2. The number of thiazole rings is 1. The molecule has 0 N–H and O–H groups in total. The number of amides is 1. The van der Waals surface area contributed by atoms with Crippen LogP contribution in [0.5, 0.6) is 0 Å². The molecule has 1 saturated heterocycles. The van der Waals surface area contributed by atoms with E-state index in [-0.39, 0.29) is 12.0 Å². The molecule has 1 aliphatic rings. The standard InChI is InChI=1S/C19H16BrClN2O2S/c20-13-5-8-16-17(10-13)26-19(22-16)23(11-15-2-1-9-25-15)18(24)12-3-6-14(21)7-4-12/h3-8,10,15H,1-2,9,11H2. The quantitative estimate of drug-likeness (QED) is 0.523. The predicted molar refractivity (Wildman–Crippen MR) is 109 cm³/mol. The van der Waals surface area contributed by atoms with Crippen molar-refractivity contribution in [2.24, 2.45) is 0 Å². The van der Waals surface area contributed by atoms with E-state index in [1.54, 1.807) is 29.2 Å². The van der Waals surface area contributed by atoms with E-state index in [1.165, 1.54) is 11.3 Å². The van der Waals surface area contributed by atoms with Gasteiger partial charge in [0.05, 0.1) is 22.9 Å². The van der Waals surface area contributed by atoms with Gasteiger partial charge in [0.25, 0.3) is 5.91 Å². The van der Waals surface area contributed by atoms with Crippen LogP contribution in [-0.4, -0.2) is 30.1 Å². The molecule has 134 valence electrons. The molecular formula is C19H16BrClN2O2S. The van der Waals surface area contributed by atoms with Gasteiger partial charge in [0.2, 0.25) is 0 Å². The van der Waals surface area contributed by atoms with Crippen molar-refractivity contribution in [1.29, 1.82) is 0 Å². The first-order chi connectivity index (χ1) is 12.6. The molecule has 4 nitrogen and oxygen atoms in total. The number of rotatable bonds is 4. The topological polar surface area (TPSA) is 42.4 Å². The lowest BCUT2D eigenvalue weighted by Gasteiger charge is -2.23. The number of carbonyl (C=O) groups excluding carboxylic acids is 1. The van der Waals surface area contributed by atoms with Crippen LogP contribution in [-0.2, 0) is 4.74 Å². The largest absolute Gasteiger partial charge is 0.376 e. The van der Waals surface area contributed by atoms with E-state index in [2.05, 4.69) is 20.9 Å². The molecule has 0 radical (unpaired) electrons. The third-order valence-corrected chi connectivity index (χ3v) is 6.10. The van der Waals surface area contributed by atoms with Gasteiger partial charge in [0.15, 0.2) is 5.13 Å². The summed E-state index contributed by atoms with van der Waals surface area (Å²) in [6.45, 7) is 1.25. The highest BCUT2D eigenvalue weighted by Crippen LogP contribution is 2.32. The molecule has 2 aromatic carbocycles. The van der Waals surface area contributed by atoms with Crippen LogP contribution in [0.4, 0.5) is 5.13 Å². The van der Waals surface area contributed by atoms with E-state index in [1.807, 2.05) is 18.2 Å². The summed E-state index contributed by atoms with van der Waals surface area (Å²) in [6.07, 6.45) is 2.03. The van der Waals surface area contributed by atoms with Gasteiger partial charge in [0.1, 0.15) is 0 Å². The van der Waals surface area contributed by atoms with Crippen molar-refractivity contribution in [2.75, 3.05) is 18.1 Å². The third-order valence-electron chi connectivity index (χ3n) is 4.32. The van der Waals surface area contributed by atoms with Crippen LogP contribution in [0.25, 0.3) is 10.2 Å². The molecule has 3 aromatic rings. The van der Waals surface area contributed by atoms with E-state index in [4.69, 9.17) is 16.3 Å². The second kappa shape index (κ2) is 7.64. The Hall–Kier alpha value is -1.47. The molecule has 0 spiro atoms. The Balaban J connectivity index is 1.70.